The molecule has 0 N–H and O–H groups in total. The molecule has 94 valence electrons. The molecule has 4 heteroatoms. The van der Waals surface area contributed by atoms with Crippen LogP contribution in [-0.2, 0) is 4.79 Å². The Balaban J connectivity index is 2.89. The number of nitrogens with zero attached hydrogens (tertiary/aromatic N) is 1. The Bertz CT molecular complexity index is 378. The summed E-state index contributed by atoms with van der Waals surface area (Å²) < 4.78 is 12.8. The molecule has 2 unspecified atom stereocenters. The molecule has 0 aliphatic rings. The van der Waals surface area contributed by atoms with E-state index in [1.54, 1.807) is 17.0 Å². The van der Waals surface area contributed by atoms with E-state index in [0.29, 0.717) is 6.54 Å². The molecule has 1 amide bonds. The van der Waals surface area contributed by atoms with Crippen molar-refractivity contribution in [2.45, 2.75) is 31.6 Å². The van der Waals surface area contributed by atoms with Gasteiger partial charge in [-0.25, -0.2) is 4.39 Å². The zero-order valence-corrected chi connectivity index (χ0v) is 11.9. The van der Waals surface area contributed by atoms with Crippen LogP contribution in [0.1, 0.15) is 32.4 Å². The molecule has 0 aliphatic carbocycles. The molecule has 1 aromatic carbocycles. The lowest BCUT2D eigenvalue weighted by Crippen LogP contribution is -2.37. The van der Waals surface area contributed by atoms with Crippen LogP contribution in [0.15, 0.2) is 24.3 Å². The van der Waals surface area contributed by atoms with E-state index >= 15 is 0 Å². The van der Waals surface area contributed by atoms with Crippen LogP contribution >= 0.6 is 15.9 Å². The molecule has 2 atom stereocenters. The average molecular weight is 302 g/mol. The van der Waals surface area contributed by atoms with E-state index in [2.05, 4.69) is 15.9 Å². The van der Waals surface area contributed by atoms with E-state index in [-0.39, 0.29) is 22.6 Å². The van der Waals surface area contributed by atoms with Gasteiger partial charge in [0.25, 0.3) is 0 Å². The second-order valence-electron chi connectivity index (χ2n) is 3.97. The van der Waals surface area contributed by atoms with Crippen molar-refractivity contribution >= 4 is 21.8 Å². The number of halogens is 2. The first-order chi connectivity index (χ1) is 7.97. The maximum Gasteiger partial charge on any atom is 0.236 e. The lowest BCUT2D eigenvalue weighted by molar-refractivity contribution is -0.132. The fourth-order valence-corrected chi connectivity index (χ4v) is 2.03. The van der Waals surface area contributed by atoms with Crippen molar-refractivity contribution in [3.8, 4) is 0 Å². The zero-order valence-electron chi connectivity index (χ0n) is 10.3. The average Bonchev–Trinajstić information content (AvgIpc) is 2.30. The van der Waals surface area contributed by atoms with Crippen molar-refractivity contribution in [1.82, 2.24) is 4.90 Å². The molecular weight excluding hydrogens is 285 g/mol. The molecule has 0 saturated heterocycles. The van der Waals surface area contributed by atoms with Gasteiger partial charge in [0.05, 0.1) is 10.9 Å². The number of rotatable bonds is 4. The second-order valence-corrected chi connectivity index (χ2v) is 5.34. The Morgan fingerprint density at radius 1 is 1.35 bits per heavy atom. The predicted octanol–water partition coefficient (Wildman–Crippen LogP) is 3.52. The fourth-order valence-electron chi connectivity index (χ4n) is 1.77. The first-order valence-corrected chi connectivity index (χ1v) is 6.59. The van der Waals surface area contributed by atoms with Crippen molar-refractivity contribution in [3.63, 3.8) is 0 Å². The molecule has 1 rings (SSSR count). The van der Waals surface area contributed by atoms with Crippen molar-refractivity contribution in [1.29, 1.82) is 0 Å². The third-order valence-electron chi connectivity index (χ3n) is 2.78. The normalized spacial score (nSPS) is 14.2. The summed E-state index contributed by atoms with van der Waals surface area (Å²) in [6, 6.07) is 6.22. The van der Waals surface area contributed by atoms with Crippen molar-refractivity contribution in [3.05, 3.63) is 35.6 Å². The molecule has 17 heavy (non-hydrogen) atoms. The minimum atomic E-state index is -0.260. The molecule has 0 spiro atoms. The number of amides is 1. The monoisotopic (exact) mass is 301 g/mol. The third-order valence-corrected chi connectivity index (χ3v) is 3.18. The Morgan fingerprint density at radius 3 is 2.29 bits per heavy atom. The van der Waals surface area contributed by atoms with Gasteiger partial charge in [-0.1, -0.05) is 28.1 Å². The predicted molar refractivity (Wildman–Crippen MR) is 70.6 cm³/mol. The summed E-state index contributed by atoms with van der Waals surface area (Å²) in [5, 5.41) is 0. The molecule has 1 aromatic rings. The number of benzene rings is 1. The highest BCUT2D eigenvalue weighted by Crippen LogP contribution is 2.22. The van der Waals surface area contributed by atoms with Crippen LogP contribution in [0.4, 0.5) is 4.39 Å². The smallest absolute Gasteiger partial charge is 0.236 e. The van der Waals surface area contributed by atoms with E-state index in [9.17, 15) is 9.18 Å². The van der Waals surface area contributed by atoms with Gasteiger partial charge in [0.2, 0.25) is 5.91 Å². The summed E-state index contributed by atoms with van der Waals surface area (Å²) in [5.74, 6) is -0.214. The summed E-state index contributed by atoms with van der Waals surface area (Å²) in [7, 11) is 0. The van der Waals surface area contributed by atoms with Gasteiger partial charge in [-0.05, 0) is 38.5 Å². The molecule has 0 fully saturated rings. The quantitative estimate of drug-likeness (QED) is 0.779. The zero-order chi connectivity index (χ0) is 13.0. The molecule has 2 nitrogen and oxygen atoms in total. The molecule has 0 aliphatic heterocycles. The standard InChI is InChI=1S/C13H17BrFNO/c1-4-16(13(17)9(2)14)10(3)11-5-7-12(15)8-6-11/h5-10H,4H2,1-3H3. The van der Waals surface area contributed by atoms with Gasteiger partial charge in [0.15, 0.2) is 0 Å². The first-order valence-electron chi connectivity index (χ1n) is 5.67. The number of alkyl halides is 1. The molecule has 0 bridgehead atoms. The number of carbonyl (C=O) groups excluding carboxylic acids is 1. The highest BCUT2D eigenvalue weighted by molar-refractivity contribution is 9.10. The van der Waals surface area contributed by atoms with Gasteiger partial charge in [-0.3, -0.25) is 4.79 Å². The number of hydrogen-bond donors (Lipinski definition) is 0. The number of carbonyl (C=O) groups is 1. The third kappa shape index (κ3) is 3.53. The summed E-state index contributed by atoms with van der Waals surface area (Å²) in [4.78, 5) is 13.5. The van der Waals surface area contributed by atoms with Gasteiger partial charge < -0.3 is 4.90 Å². The second kappa shape index (κ2) is 6.15. The highest BCUT2D eigenvalue weighted by atomic mass is 79.9. The van der Waals surface area contributed by atoms with E-state index in [1.807, 2.05) is 20.8 Å². The van der Waals surface area contributed by atoms with Crippen molar-refractivity contribution in [2.75, 3.05) is 6.54 Å². The van der Waals surface area contributed by atoms with Gasteiger partial charge in [0.1, 0.15) is 5.82 Å². The molecule has 0 radical (unpaired) electrons. The van der Waals surface area contributed by atoms with Crippen LogP contribution in [0.3, 0.4) is 0 Å². The van der Waals surface area contributed by atoms with Gasteiger partial charge in [-0.15, -0.1) is 0 Å². The lowest BCUT2D eigenvalue weighted by atomic mass is 10.1. The maximum atomic E-state index is 12.8. The van der Waals surface area contributed by atoms with E-state index in [4.69, 9.17) is 0 Å². The summed E-state index contributed by atoms with van der Waals surface area (Å²) in [5.41, 5.74) is 0.940. The Kier molecular flexibility index (Phi) is 5.12. The van der Waals surface area contributed by atoms with Crippen LogP contribution in [0.25, 0.3) is 0 Å². The van der Waals surface area contributed by atoms with E-state index in [1.165, 1.54) is 12.1 Å². The molecular formula is C13H17BrFNO. The Morgan fingerprint density at radius 2 is 1.88 bits per heavy atom. The topological polar surface area (TPSA) is 20.3 Å². The lowest BCUT2D eigenvalue weighted by Gasteiger charge is -2.29. The summed E-state index contributed by atoms with van der Waals surface area (Å²) >= 11 is 3.28. The van der Waals surface area contributed by atoms with Crippen molar-refractivity contribution in [2.24, 2.45) is 0 Å². The maximum absolute atomic E-state index is 12.8. The Hall–Kier alpha value is -0.900. The minimum absolute atomic E-state index is 0.0457. The van der Waals surface area contributed by atoms with Crippen LogP contribution in [-0.4, -0.2) is 22.2 Å². The number of hydrogen-bond acceptors (Lipinski definition) is 1. The van der Waals surface area contributed by atoms with Crippen LogP contribution in [0.5, 0.6) is 0 Å². The highest BCUT2D eigenvalue weighted by Gasteiger charge is 2.22. The van der Waals surface area contributed by atoms with Crippen LogP contribution in [0, 0.1) is 5.82 Å². The fraction of sp³-hybridized carbons (Fsp3) is 0.462. The first kappa shape index (κ1) is 14.2. The van der Waals surface area contributed by atoms with Crippen LogP contribution < -0.4 is 0 Å². The van der Waals surface area contributed by atoms with Gasteiger partial charge in [-0.2, -0.15) is 0 Å². The van der Waals surface area contributed by atoms with E-state index < -0.39 is 0 Å². The molecule has 0 saturated carbocycles. The van der Waals surface area contributed by atoms with Gasteiger partial charge >= 0.3 is 0 Å². The molecule has 0 heterocycles. The van der Waals surface area contributed by atoms with Crippen LogP contribution in [0.2, 0.25) is 0 Å². The SMILES string of the molecule is CCN(C(=O)C(C)Br)C(C)c1ccc(F)cc1. The van der Waals surface area contributed by atoms with Gasteiger partial charge in [0, 0.05) is 6.54 Å². The largest absolute Gasteiger partial charge is 0.335 e. The summed E-state index contributed by atoms with van der Waals surface area (Å²) in [6.45, 7) is 6.33. The summed E-state index contributed by atoms with van der Waals surface area (Å²) in [6.07, 6.45) is 0. The van der Waals surface area contributed by atoms with Crippen molar-refractivity contribution < 1.29 is 9.18 Å². The molecule has 0 aromatic heterocycles. The Labute approximate surface area is 110 Å². The minimum Gasteiger partial charge on any atom is -0.335 e. The van der Waals surface area contributed by atoms with E-state index in [0.717, 1.165) is 5.56 Å².